The van der Waals surface area contributed by atoms with Crippen LogP contribution in [0.5, 0.6) is 0 Å². The summed E-state index contributed by atoms with van der Waals surface area (Å²) in [5.74, 6) is 2.07. The Hall–Kier alpha value is -4.36. The van der Waals surface area contributed by atoms with Crippen molar-refractivity contribution in [3.8, 4) is 11.3 Å². The molecule has 0 saturated heterocycles. The summed E-state index contributed by atoms with van der Waals surface area (Å²) in [5, 5.41) is 3.59. The van der Waals surface area contributed by atoms with E-state index in [4.69, 9.17) is 14.4 Å². The second kappa shape index (κ2) is 12.3. The molecule has 7 heteroatoms. The number of benzene rings is 3. The number of rotatable bonds is 10. The molecule has 0 aliphatic carbocycles. The van der Waals surface area contributed by atoms with Crippen molar-refractivity contribution >= 4 is 23.5 Å². The molecule has 1 amide bonds. The second-order valence-electron chi connectivity index (χ2n) is 8.85. The summed E-state index contributed by atoms with van der Waals surface area (Å²) >= 11 is 1.56. The van der Waals surface area contributed by atoms with Gasteiger partial charge in [-0.05, 0) is 35.4 Å². The van der Waals surface area contributed by atoms with Crippen LogP contribution in [0.15, 0.2) is 119 Å². The summed E-state index contributed by atoms with van der Waals surface area (Å²) in [7, 11) is 2.05. The van der Waals surface area contributed by atoms with Gasteiger partial charge in [-0.25, -0.2) is 9.97 Å². The molecule has 190 valence electrons. The highest BCUT2D eigenvalue weighted by Crippen LogP contribution is 2.28. The minimum absolute atomic E-state index is 0.139. The number of carbonyl (C=O) groups is 1. The minimum Gasteiger partial charge on any atom is -0.467 e. The van der Waals surface area contributed by atoms with E-state index >= 15 is 0 Å². The van der Waals surface area contributed by atoms with E-state index in [0.717, 1.165) is 29.2 Å². The van der Waals surface area contributed by atoms with Crippen molar-refractivity contribution < 1.29 is 9.21 Å². The first-order valence-corrected chi connectivity index (χ1v) is 13.3. The number of amides is 1. The van der Waals surface area contributed by atoms with Crippen LogP contribution in [0, 0.1) is 0 Å². The van der Waals surface area contributed by atoms with Gasteiger partial charge >= 0.3 is 0 Å². The molecule has 0 atom stereocenters. The number of furan rings is 1. The van der Waals surface area contributed by atoms with Gasteiger partial charge in [0.25, 0.3) is 5.91 Å². The Kier molecular flexibility index (Phi) is 8.16. The van der Waals surface area contributed by atoms with E-state index in [0.29, 0.717) is 28.8 Å². The van der Waals surface area contributed by atoms with E-state index in [9.17, 15) is 4.79 Å². The molecule has 5 aromatic rings. The summed E-state index contributed by atoms with van der Waals surface area (Å²) in [6, 6.07) is 33.8. The number of carbonyl (C=O) groups excluding carboxylic acids is 1. The standard InChI is InChI=1S/C31H28N4O2S/c1-35(21-23-10-4-2-5-11-23)29-19-28(25-13-6-3-7-14-25)33-31(34-29)38-22-24-12-8-15-26(18-24)30(36)32-20-27-16-9-17-37-27/h2-19H,20-22H2,1H3,(H,32,36). The molecule has 0 fully saturated rings. The summed E-state index contributed by atoms with van der Waals surface area (Å²) in [5.41, 5.74) is 4.77. The van der Waals surface area contributed by atoms with Gasteiger partial charge in [0.05, 0.1) is 18.5 Å². The lowest BCUT2D eigenvalue weighted by Gasteiger charge is -2.20. The highest BCUT2D eigenvalue weighted by Gasteiger charge is 2.13. The molecule has 0 unspecified atom stereocenters. The van der Waals surface area contributed by atoms with Gasteiger partial charge in [0.1, 0.15) is 11.6 Å². The quantitative estimate of drug-likeness (QED) is 0.165. The zero-order chi connectivity index (χ0) is 26.2. The first-order valence-electron chi connectivity index (χ1n) is 12.4. The van der Waals surface area contributed by atoms with Crippen LogP contribution in [0.25, 0.3) is 11.3 Å². The lowest BCUT2D eigenvalue weighted by atomic mass is 10.1. The zero-order valence-electron chi connectivity index (χ0n) is 21.1. The highest BCUT2D eigenvalue weighted by atomic mass is 32.2. The first-order chi connectivity index (χ1) is 18.6. The fourth-order valence-corrected chi connectivity index (χ4v) is 4.80. The molecule has 2 heterocycles. The van der Waals surface area contributed by atoms with Crippen molar-refractivity contribution in [3.63, 3.8) is 0 Å². The van der Waals surface area contributed by atoms with Crippen LogP contribution in [0.3, 0.4) is 0 Å². The van der Waals surface area contributed by atoms with Gasteiger partial charge in [-0.3, -0.25) is 4.79 Å². The SMILES string of the molecule is CN(Cc1ccccc1)c1cc(-c2ccccc2)nc(SCc2cccc(C(=O)NCc3ccco3)c2)n1. The van der Waals surface area contributed by atoms with Gasteiger partial charge in [0.2, 0.25) is 0 Å². The van der Waals surface area contributed by atoms with E-state index in [1.165, 1.54) is 5.56 Å². The topological polar surface area (TPSA) is 71.3 Å². The number of nitrogens with one attached hydrogen (secondary N) is 1. The smallest absolute Gasteiger partial charge is 0.251 e. The molecule has 38 heavy (non-hydrogen) atoms. The van der Waals surface area contributed by atoms with Crippen LogP contribution in [0.1, 0.15) is 27.2 Å². The predicted octanol–water partition coefficient (Wildman–Crippen LogP) is 6.60. The van der Waals surface area contributed by atoms with E-state index in [1.54, 1.807) is 24.1 Å². The third-order valence-electron chi connectivity index (χ3n) is 5.98. The lowest BCUT2D eigenvalue weighted by molar-refractivity contribution is 0.0948. The molecule has 6 nitrogen and oxygen atoms in total. The minimum atomic E-state index is -0.139. The lowest BCUT2D eigenvalue weighted by Crippen LogP contribution is -2.22. The Bertz CT molecular complexity index is 1470. The largest absolute Gasteiger partial charge is 0.467 e. The number of anilines is 1. The maximum Gasteiger partial charge on any atom is 0.251 e. The third kappa shape index (κ3) is 6.69. The third-order valence-corrected chi connectivity index (χ3v) is 6.89. The summed E-state index contributed by atoms with van der Waals surface area (Å²) in [6.45, 7) is 1.09. The van der Waals surface area contributed by atoms with Gasteiger partial charge < -0.3 is 14.6 Å². The molecule has 1 N–H and O–H groups in total. The van der Waals surface area contributed by atoms with Crippen molar-refractivity contribution in [1.82, 2.24) is 15.3 Å². The molecule has 0 aliphatic rings. The first kappa shape index (κ1) is 25.3. The molecular formula is C31H28N4O2S. The fourth-order valence-electron chi connectivity index (χ4n) is 4.00. The molecule has 3 aromatic carbocycles. The summed E-state index contributed by atoms with van der Waals surface area (Å²) in [6.07, 6.45) is 1.60. The van der Waals surface area contributed by atoms with E-state index < -0.39 is 0 Å². The van der Waals surface area contributed by atoms with Crippen molar-refractivity contribution in [2.45, 2.75) is 24.0 Å². The van der Waals surface area contributed by atoms with Crippen molar-refractivity contribution in [3.05, 3.63) is 132 Å². The number of aromatic nitrogens is 2. The average molecular weight is 521 g/mol. The van der Waals surface area contributed by atoms with E-state index in [1.807, 2.05) is 79.8 Å². The Balaban J connectivity index is 1.32. The maximum absolute atomic E-state index is 12.6. The van der Waals surface area contributed by atoms with Crippen LogP contribution >= 0.6 is 11.8 Å². The number of thioether (sulfide) groups is 1. The molecule has 0 bridgehead atoms. The fraction of sp³-hybridized carbons (Fsp3) is 0.129. The molecule has 0 saturated carbocycles. The van der Waals surface area contributed by atoms with Crippen LogP contribution < -0.4 is 10.2 Å². The van der Waals surface area contributed by atoms with Gasteiger partial charge in [-0.15, -0.1) is 0 Å². The number of hydrogen-bond acceptors (Lipinski definition) is 6. The summed E-state index contributed by atoms with van der Waals surface area (Å²) < 4.78 is 5.30. The van der Waals surface area contributed by atoms with Gasteiger partial charge in [-0.2, -0.15) is 0 Å². The van der Waals surface area contributed by atoms with E-state index in [2.05, 4.69) is 34.5 Å². The molecule has 0 spiro atoms. The second-order valence-corrected chi connectivity index (χ2v) is 9.80. The normalized spacial score (nSPS) is 10.8. The maximum atomic E-state index is 12.6. The number of nitrogens with zero attached hydrogens (tertiary/aromatic N) is 3. The van der Waals surface area contributed by atoms with Gasteiger partial charge in [0, 0.05) is 36.5 Å². The zero-order valence-corrected chi connectivity index (χ0v) is 21.9. The summed E-state index contributed by atoms with van der Waals surface area (Å²) in [4.78, 5) is 24.5. The van der Waals surface area contributed by atoms with Crippen molar-refractivity contribution in [2.24, 2.45) is 0 Å². The predicted molar refractivity (Wildman–Crippen MR) is 152 cm³/mol. The Morgan fingerprint density at radius 1 is 0.868 bits per heavy atom. The molecular weight excluding hydrogens is 492 g/mol. The Labute approximate surface area is 226 Å². The van der Waals surface area contributed by atoms with Crippen LogP contribution in [-0.2, 0) is 18.8 Å². The van der Waals surface area contributed by atoms with Crippen LogP contribution in [0.4, 0.5) is 5.82 Å². The molecule has 0 radical (unpaired) electrons. The van der Waals surface area contributed by atoms with Gasteiger partial charge in [0.15, 0.2) is 5.16 Å². The number of hydrogen-bond donors (Lipinski definition) is 1. The highest BCUT2D eigenvalue weighted by molar-refractivity contribution is 7.98. The van der Waals surface area contributed by atoms with Crippen molar-refractivity contribution in [1.29, 1.82) is 0 Å². The molecule has 5 rings (SSSR count). The van der Waals surface area contributed by atoms with Crippen LogP contribution in [0.2, 0.25) is 0 Å². The average Bonchev–Trinajstić information content (AvgIpc) is 3.50. The van der Waals surface area contributed by atoms with E-state index in [-0.39, 0.29) is 5.91 Å². The van der Waals surface area contributed by atoms with Crippen molar-refractivity contribution in [2.75, 3.05) is 11.9 Å². The Morgan fingerprint density at radius 2 is 1.63 bits per heavy atom. The Morgan fingerprint density at radius 3 is 2.39 bits per heavy atom. The molecule has 0 aliphatic heterocycles. The van der Waals surface area contributed by atoms with Crippen LogP contribution in [-0.4, -0.2) is 22.9 Å². The van der Waals surface area contributed by atoms with Gasteiger partial charge in [-0.1, -0.05) is 84.6 Å². The molecule has 2 aromatic heterocycles. The monoisotopic (exact) mass is 520 g/mol.